The number of rotatable bonds is 3. The summed E-state index contributed by atoms with van der Waals surface area (Å²) in [6, 6.07) is 8.97. The number of carbonyl (C=O) groups is 4. The maximum atomic E-state index is 15.2. The molecule has 1 saturated carbocycles. The third-order valence-corrected chi connectivity index (χ3v) is 12.0. The molecule has 0 spiro atoms. The van der Waals surface area contributed by atoms with Gasteiger partial charge in [0.05, 0.1) is 17.5 Å². The number of allylic oxidation sites excluding steroid dienone is 2. The number of imide groups is 2. The molecule has 3 aromatic rings. The number of benzene rings is 3. The molecule has 6 unspecified atom stereocenters. The maximum Gasteiger partial charge on any atom is 0.258 e. The Morgan fingerprint density at radius 1 is 0.796 bits per heavy atom. The molecule has 4 amide bonds. The van der Waals surface area contributed by atoms with E-state index in [0.717, 1.165) is 4.90 Å². The van der Waals surface area contributed by atoms with Crippen LogP contribution in [-0.2, 0) is 19.2 Å². The molecule has 15 heteroatoms. The van der Waals surface area contributed by atoms with E-state index in [4.69, 9.17) is 34.8 Å². The van der Waals surface area contributed by atoms with Crippen molar-refractivity contribution in [1.82, 2.24) is 0 Å². The lowest BCUT2D eigenvalue weighted by Gasteiger charge is -2.50. The molecule has 6 atom stereocenters. The zero-order valence-corrected chi connectivity index (χ0v) is 27.5. The van der Waals surface area contributed by atoms with Crippen molar-refractivity contribution in [2.24, 2.45) is 17.8 Å². The van der Waals surface area contributed by atoms with Crippen LogP contribution in [0.2, 0.25) is 5.02 Å². The molecule has 254 valence electrons. The van der Waals surface area contributed by atoms with E-state index in [-0.39, 0.29) is 38.7 Å². The van der Waals surface area contributed by atoms with Gasteiger partial charge in [0, 0.05) is 16.5 Å². The Balaban J connectivity index is 1.44. The monoisotopic (exact) mass is 738 g/mol. The fourth-order valence-corrected chi connectivity index (χ4v) is 8.90. The Bertz CT molecular complexity index is 2080. The van der Waals surface area contributed by atoms with Crippen LogP contribution in [-0.4, -0.2) is 38.5 Å². The zero-order chi connectivity index (χ0) is 35.6. The van der Waals surface area contributed by atoms with Crippen LogP contribution in [0.1, 0.15) is 35.4 Å². The van der Waals surface area contributed by atoms with Crippen LogP contribution in [0.4, 0.5) is 33.3 Å². The van der Waals surface area contributed by atoms with E-state index in [1.165, 1.54) is 37.3 Å². The van der Waals surface area contributed by atoms with Crippen molar-refractivity contribution in [2.45, 2.75) is 42.4 Å². The van der Waals surface area contributed by atoms with Gasteiger partial charge >= 0.3 is 0 Å². The van der Waals surface area contributed by atoms with Gasteiger partial charge in [-0.2, -0.15) is 0 Å². The molecule has 2 saturated heterocycles. The highest BCUT2D eigenvalue weighted by atomic mass is 35.5. The van der Waals surface area contributed by atoms with Gasteiger partial charge in [0.2, 0.25) is 17.6 Å². The van der Waals surface area contributed by atoms with Gasteiger partial charge in [-0.1, -0.05) is 47.5 Å². The second kappa shape index (κ2) is 11.0. The van der Waals surface area contributed by atoms with Gasteiger partial charge < -0.3 is 5.11 Å². The van der Waals surface area contributed by atoms with Gasteiger partial charge in [0.1, 0.15) is 11.4 Å². The molecule has 49 heavy (non-hydrogen) atoms. The minimum Gasteiger partial charge on any atom is -0.507 e. The molecule has 2 aliphatic heterocycles. The van der Waals surface area contributed by atoms with E-state index in [0.29, 0.717) is 5.56 Å². The van der Waals surface area contributed by atoms with Crippen molar-refractivity contribution in [1.29, 1.82) is 0 Å². The number of phenolic OH excluding ortho intramolecular Hbond substituents is 1. The van der Waals surface area contributed by atoms with E-state index >= 15 is 8.78 Å². The summed E-state index contributed by atoms with van der Waals surface area (Å²) < 4.78 is 73.2. The second-order valence-electron chi connectivity index (χ2n) is 12.7. The van der Waals surface area contributed by atoms with Crippen LogP contribution in [0, 0.1) is 60.7 Å². The fraction of sp³-hybridized carbons (Fsp3) is 0.294. The molecule has 3 aromatic carbocycles. The van der Waals surface area contributed by atoms with Gasteiger partial charge in [-0.15, -0.1) is 23.2 Å². The minimum absolute atomic E-state index is 0.0496. The first-order valence-electron chi connectivity index (χ1n) is 14.9. The van der Waals surface area contributed by atoms with Crippen molar-refractivity contribution >= 4 is 69.8 Å². The molecule has 2 aliphatic carbocycles. The maximum absolute atomic E-state index is 15.2. The van der Waals surface area contributed by atoms with E-state index in [2.05, 4.69) is 0 Å². The van der Waals surface area contributed by atoms with Crippen LogP contribution in [0.5, 0.6) is 5.75 Å². The summed E-state index contributed by atoms with van der Waals surface area (Å²) in [6.07, 6.45) is 0.840. The molecule has 0 bridgehead atoms. The largest absolute Gasteiger partial charge is 0.507 e. The summed E-state index contributed by atoms with van der Waals surface area (Å²) in [6.45, 7) is 3.25. The number of hydrogen-bond acceptors (Lipinski definition) is 5. The molecular formula is C34H22Cl3F5N2O5. The van der Waals surface area contributed by atoms with E-state index in [1.807, 2.05) is 0 Å². The number of phenols is 1. The zero-order valence-electron chi connectivity index (χ0n) is 25.3. The predicted molar refractivity (Wildman–Crippen MR) is 168 cm³/mol. The smallest absolute Gasteiger partial charge is 0.258 e. The van der Waals surface area contributed by atoms with Crippen LogP contribution >= 0.6 is 34.8 Å². The first-order chi connectivity index (χ1) is 23.0. The number of aryl methyl sites for hydroxylation is 2. The normalized spacial score (nSPS) is 29.3. The van der Waals surface area contributed by atoms with Gasteiger partial charge in [0.25, 0.3) is 11.8 Å². The lowest BCUT2D eigenvalue weighted by atomic mass is 9.56. The average Bonchev–Trinajstić information content (AvgIpc) is 3.40. The van der Waals surface area contributed by atoms with Crippen LogP contribution in [0.3, 0.4) is 0 Å². The summed E-state index contributed by atoms with van der Waals surface area (Å²) >= 11 is 20.5. The van der Waals surface area contributed by atoms with Crippen LogP contribution in [0.25, 0.3) is 0 Å². The molecule has 4 aliphatic rings. The van der Waals surface area contributed by atoms with Crippen molar-refractivity contribution in [2.75, 3.05) is 9.80 Å². The molecule has 0 aromatic heterocycles. The standard InChI is InChI=1S/C34H22Cl3F5N2O5/c1-12-6-7-14(10-19(12)35)43-29(46)16-9-8-15-18(20(16)30(43)47)11-33(36)31(48)44(27-25(41)23(39)22(38)24(40)26(27)42)32(49)34(33,37)21(15)17-5-3-4-13(2)28(17)45/h3-8,10,16,18,20-21,45H,9,11H2,1-2H3. The van der Waals surface area contributed by atoms with Gasteiger partial charge in [-0.3, -0.25) is 19.2 Å². The Kier molecular flexibility index (Phi) is 7.52. The number of aromatic hydroxyl groups is 1. The Morgan fingerprint density at radius 2 is 1.43 bits per heavy atom. The minimum atomic E-state index is -2.73. The molecule has 1 N–H and O–H groups in total. The number of hydrogen-bond donors (Lipinski definition) is 1. The SMILES string of the molecule is Cc1ccc(N2C(=O)C3CC=C4C(CC5(Cl)C(=O)N(c6c(F)c(F)c(F)c(F)c6F)C(=O)C5(Cl)C4c4cccc(C)c4O)C3C2=O)cc1Cl. The Hall–Kier alpha value is -4.00. The number of amides is 4. The highest BCUT2D eigenvalue weighted by Gasteiger charge is 2.77. The summed E-state index contributed by atoms with van der Waals surface area (Å²) in [4.78, 5) is 51.9. The Labute approximate surface area is 289 Å². The lowest BCUT2D eigenvalue weighted by Crippen LogP contribution is -2.60. The summed E-state index contributed by atoms with van der Waals surface area (Å²) in [5, 5.41) is 11.6. The number of nitrogens with zero attached hydrogens (tertiary/aromatic N) is 2. The predicted octanol–water partition coefficient (Wildman–Crippen LogP) is 7.13. The topological polar surface area (TPSA) is 95.0 Å². The average molecular weight is 740 g/mol. The summed E-state index contributed by atoms with van der Waals surface area (Å²) in [7, 11) is 0. The molecule has 2 heterocycles. The second-order valence-corrected chi connectivity index (χ2v) is 14.3. The first-order valence-corrected chi connectivity index (χ1v) is 16.0. The van der Waals surface area contributed by atoms with Crippen LogP contribution < -0.4 is 9.80 Å². The van der Waals surface area contributed by atoms with Gasteiger partial charge in [-0.05, 0) is 55.9 Å². The van der Waals surface area contributed by atoms with Crippen molar-refractivity contribution in [3.8, 4) is 5.75 Å². The highest BCUT2D eigenvalue weighted by molar-refractivity contribution is 6.58. The quantitative estimate of drug-likeness (QED) is 0.0771. The number of halogens is 8. The summed E-state index contributed by atoms with van der Waals surface area (Å²) in [5.41, 5.74) is -0.561. The highest BCUT2D eigenvalue weighted by Crippen LogP contribution is 2.67. The summed E-state index contributed by atoms with van der Waals surface area (Å²) in [5.74, 6) is -22.1. The molecular weight excluding hydrogens is 718 g/mol. The number of carbonyl (C=O) groups excluding carboxylic acids is 4. The lowest BCUT2D eigenvalue weighted by molar-refractivity contribution is -0.125. The van der Waals surface area contributed by atoms with Crippen molar-refractivity contribution in [3.05, 3.63) is 98.8 Å². The third kappa shape index (κ3) is 4.20. The number of fused-ring (bicyclic) bond motifs is 4. The van der Waals surface area contributed by atoms with Gasteiger partial charge in [-0.25, -0.2) is 31.8 Å². The van der Waals surface area contributed by atoms with E-state index < -0.39 is 104 Å². The van der Waals surface area contributed by atoms with Crippen molar-refractivity contribution in [3.63, 3.8) is 0 Å². The number of para-hydroxylation sites is 1. The number of anilines is 2. The fourth-order valence-electron chi connectivity index (χ4n) is 7.80. The van der Waals surface area contributed by atoms with E-state index in [9.17, 15) is 37.5 Å². The number of alkyl halides is 2. The Morgan fingerprint density at radius 3 is 2.06 bits per heavy atom. The molecule has 3 fully saturated rings. The molecule has 0 radical (unpaired) electrons. The van der Waals surface area contributed by atoms with Crippen LogP contribution in [0.15, 0.2) is 48.0 Å². The third-order valence-electron chi connectivity index (χ3n) is 10.2. The van der Waals surface area contributed by atoms with E-state index in [1.54, 1.807) is 19.1 Å². The molecule has 7 rings (SSSR count). The molecule has 7 nitrogen and oxygen atoms in total. The van der Waals surface area contributed by atoms with Crippen molar-refractivity contribution < 1.29 is 46.2 Å². The van der Waals surface area contributed by atoms with Gasteiger partial charge in [0.15, 0.2) is 33.0 Å². The first kappa shape index (κ1) is 33.5.